The molecular formula is C18H21N5OS. The van der Waals surface area contributed by atoms with Gasteiger partial charge in [0.1, 0.15) is 5.52 Å². The molecule has 3 aromatic rings. The Kier molecular flexibility index (Phi) is 3.81. The summed E-state index contributed by atoms with van der Waals surface area (Å²) in [6.45, 7) is 2.74. The first-order chi connectivity index (χ1) is 12.4. The minimum atomic E-state index is 0.505. The van der Waals surface area contributed by atoms with Gasteiger partial charge in [0, 0.05) is 48.9 Å². The molecule has 4 heterocycles. The van der Waals surface area contributed by atoms with Gasteiger partial charge in [-0.1, -0.05) is 11.3 Å². The van der Waals surface area contributed by atoms with Crippen molar-refractivity contribution in [1.82, 2.24) is 19.6 Å². The zero-order valence-corrected chi connectivity index (χ0v) is 14.9. The largest absolute Gasteiger partial charge is 0.470 e. The molecule has 130 valence electrons. The predicted octanol–water partition coefficient (Wildman–Crippen LogP) is 3.36. The average molecular weight is 355 g/mol. The molecule has 6 nitrogen and oxygen atoms in total. The van der Waals surface area contributed by atoms with Crippen LogP contribution in [0.3, 0.4) is 0 Å². The van der Waals surface area contributed by atoms with Gasteiger partial charge in [-0.2, -0.15) is 5.10 Å². The number of hydrogen-bond donors (Lipinski definition) is 0. The van der Waals surface area contributed by atoms with Gasteiger partial charge >= 0.3 is 0 Å². The van der Waals surface area contributed by atoms with Crippen LogP contribution < -0.4 is 9.64 Å². The van der Waals surface area contributed by atoms with Gasteiger partial charge in [-0.25, -0.2) is 14.5 Å². The SMILES string of the molecule is c1csc(OCC2CCCN(c3nccn4nc(C5CC5)cc34)C2)n1. The molecule has 0 spiro atoms. The number of hydrogen-bond acceptors (Lipinski definition) is 6. The summed E-state index contributed by atoms with van der Waals surface area (Å²) in [7, 11) is 0. The molecule has 25 heavy (non-hydrogen) atoms. The molecule has 0 N–H and O–H groups in total. The van der Waals surface area contributed by atoms with Gasteiger partial charge in [-0.3, -0.25) is 0 Å². The number of rotatable bonds is 5. The molecule has 2 fully saturated rings. The molecule has 7 heteroatoms. The van der Waals surface area contributed by atoms with Crippen LogP contribution in [0, 0.1) is 5.92 Å². The van der Waals surface area contributed by atoms with Crippen molar-refractivity contribution in [2.24, 2.45) is 5.92 Å². The van der Waals surface area contributed by atoms with Gasteiger partial charge < -0.3 is 9.64 Å². The van der Waals surface area contributed by atoms with Gasteiger partial charge in [0.25, 0.3) is 5.19 Å². The van der Waals surface area contributed by atoms with Crippen molar-refractivity contribution in [2.45, 2.75) is 31.6 Å². The maximum absolute atomic E-state index is 5.84. The number of thiazole rings is 1. The van der Waals surface area contributed by atoms with Crippen LogP contribution in [0.2, 0.25) is 0 Å². The summed E-state index contributed by atoms with van der Waals surface area (Å²) in [5.74, 6) is 2.22. The highest BCUT2D eigenvalue weighted by molar-refractivity contribution is 7.11. The van der Waals surface area contributed by atoms with E-state index in [1.807, 2.05) is 22.3 Å². The van der Waals surface area contributed by atoms with Crippen LogP contribution >= 0.6 is 11.3 Å². The molecule has 1 atom stereocenters. The van der Waals surface area contributed by atoms with Crippen molar-refractivity contribution >= 4 is 22.7 Å². The van der Waals surface area contributed by atoms with E-state index in [0.29, 0.717) is 11.8 Å². The Balaban J connectivity index is 1.34. The maximum Gasteiger partial charge on any atom is 0.273 e. The second-order valence-electron chi connectivity index (χ2n) is 6.99. The monoisotopic (exact) mass is 355 g/mol. The average Bonchev–Trinajstić information content (AvgIpc) is 3.19. The van der Waals surface area contributed by atoms with Crippen molar-refractivity contribution in [3.05, 3.63) is 35.7 Å². The second-order valence-corrected chi connectivity index (χ2v) is 7.84. The molecule has 0 aromatic carbocycles. The standard InChI is InChI=1S/C18H21N5OS/c1-2-13(12-24-18-20-6-9-25-18)11-22(7-1)17-16-10-15(14-3-4-14)21-23(16)8-5-19-17/h5-6,8-10,13-14H,1-4,7,11-12H2. The minimum Gasteiger partial charge on any atom is -0.470 e. The van der Waals surface area contributed by atoms with Crippen LogP contribution in [0.1, 0.15) is 37.3 Å². The van der Waals surface area contributed by atoms with Crippen LogP contribution in [0.15, 0.2) is 30.0 Å². The lowest BCUT2D eigenvalue weighted by Crippen LogP contribution is -2.38. The third-order valence-electron chi connectivity index (χ3n) is 5.05. The zero-order valence-electron chi connectivity index (χ0n) is 14.0. The molecular weight excluding hydrogens is 334 g/mol. The molecule has 3 aromatic heterocycles. The summed E-state index contributed by atoms with van der Waals surface area (Å²) in [5.41, 5.74) is 2.35. The van der Waals surface area contributed by atoms with Gasteiger partial charge in [-0.15, -0.1) is 0 Å². The minimum absolute atomic E-state index is 0.505. The highest BCUT2D eigenvalue weighted by Gasteiger charge is 2.28. The Morgan fingerprint density at radius 3 is 3.00 bits per heavy atom. The number of aromatic nitrogens is 4. The smallest absolute Gasteiger partial charge is 0.273 e. The van der Waals surface area contributed by atoms with Crippen LogP contribution in [-0.2, 0) is 0 Å². The van der Waals surface area contributed by atoms with Crippen molar-refractivity contribution in [1.29, 1.82) is 0 Å². The first-order valence-electron chi connectivity index (χ1n) is 8.98. The van der Waals surface area contributed by atoms with Crippen LogP contribution in [0.4, 0.5) is 5.82 Å². The Morgan fingerprint density at radius 1 is 1.20 bits per heavy atom. The fourth-order valence-electron chi connectivity index (χ4n) is 3.61. The van der Waals surface area contributed by atoms with E-state index in [2.05, 4.69) is 20.9 Å². The highest BCUT2D eigenvalue weighted by atomic mass is 32.1. The zero-order chi connectivity index (χ0) is 16.6. The van der Waals surface area contributed by atoms with Crippen molar-refractivity contribution in [3.8, 4) is 5.19 Å². The van der Waals surface area contributed by atoms with E-state index >= 15 is 0 Å². The number of anilines is 1. The van der Waals surface area contributed by atoms with E-state index in [9.17, 15) is 0 Å². The molecule has 1 saturated carbocycles. The fourth-order valence-corrected chi connectivity index (χ4v) is 4.11. The van der Waals surface area contributed by atoms with E-state index in [1.54, 1.807) is 17.5 Å². The summed E-state index contributed by atoms with van der Waals surface area (Å²) < 4.78 is 7.84. The first-order valence-corrected chi connectivity index (χ1v) is 9.86. The lowest BCUT2D eigenvalue weighted by molar-refractivity contribution is 0.228. The Bertz CT molecular complexity index is 858. The van der Waals surface area contributed by atoms with E-state index < -0.39 is 0 Å². The molecule has 0 radical (unpaired) electrons. The van der Waals surface area contributed by atoms with E-state index in [4.69, 9.17) is 9.84 Å². The van der Waals surface area contributed by atoms with Gasteiger partial charge in [0.2, 0.25) is 0 Å². The Labute approximate surface area is 150 Å². The van der Waals surface area contributed by atoms with Crippen molar-refractivity contribution in [2.75, 3.05) is 24.6 Å². The number of fused-ring (bicyclic) bond motifs is 1. The van der Waals surface area contributed by atoms with E-state index in [1.165, 1.54) is 25.0 Å². The fraction of sp³-hybridized carbons (Fsp3) is 0.500. The third kappa shape index (κ3) is 3.08. The summed E-state index contributed by atoms with van der Waals surface area (Å²) >= 11 is 1.55. The topological polar surface area (TPSA) is 55.5 Å². The van der Waals surface area contributed by atoms with Gasteiger partial charge in [0.15, 0.2) is 5.82 Å². The maximum atomic E-state index is 5.84. The van der Waals surface area contributed by atoms with E-state index in [0.717, 1.165) is 42.6 Å². The van der Waals surface area contributed by atoms with Crippen LogP contribution in [0.5, 0.6) is 5.19 Å². The Hall–Kier alpha value is -2.15. The molecule has 0 amide bonds. The first kappa shape index (κ1) is 15.1. The molecule has 2 aliphatic rings. The number of ether oxygens (including phenoxy) is 1. The summed E-state index contributed by atoms with van der Waals surface area (Å²) in [6, 6.07) is 2.23. The lowest BCUT2D eigenvalue weighted by atomic mass is 9.99. The van der Waals surface area contributed by atoms with E-state index in [-0.39, 0.29) is 0 Å². The Morgan fingerprint density at radius 2 is 2.16 bits per heavy atom. The van der Waals surface area contributed by atoms with Crippen molar-refractivity contribution < 1.29 is 4.74 Å². The molecule has 1 unspecified atom stereocenters. The highest BCUT2D eigenvalue weighted by Crippen LogP contribution is 2.40. The number of nitrogens with zero attached hydrogens (tertiary/aromatic N) is 5. The quantitative estimate of drug-likeness (QED) is 0.702. The number of piperidine rings is 1. The third-order valence-corrected chi connectivity index (χ3v) is 5.74. The summed E-state index contributed by atoms with van der Waals surface area (Å²) in [4.78, 5) is 11.3. The molecule has 1 saturated heterocycles. The van der Waals surface area contributed by atoms with Gasteiger partial charge in [0.05, 0.1) is 12.3 Å². The summed E-state index contributed by atoms with van der Waals surface area (Å²) in [5, 5.41) is 7.45. The van der Waals surface area contributed by atoms with Gasteiger partial charge in [-0.05, 0) is 31.7 Å². The lowest BCUT2D eigenvalue weighted by Gasteiger charge is -2.33. The van der Waals surface area contributed by atoms with Crippen LogP contribution in [-0.4, -0.2) is 39.3 Å². The second kappa shape index (κ2) is 6.29. The predicted molar refractivity (Wildman–Crippen MR) is 97.5 cm³/mol. The molecule has 1 aliphatic carbocycles. The molecule has 1 aliphatic heterocycles. The molecule has 5 rings (SSSR count). The molecule has 0 bridgehead atoms. The normalized spacial score (nSPS) is 21.0. The summed E-state index contributed by atoms with van der Waals surface area (Å²) in [6.07, 6.45) is 10.5. The van der Waals surface area contributed by atoms with Crippen molar-refractivity contribution in [3.63, 3.8) is 0 Å². The van der Waals surface area contributed by atoms with Crippen LogP contribution in [0.25, 0.3) is 5.52 Å².